The van der Waals surface area contributed by atoms with E-state index in [1.165, 1.54) is 46.6 Å². The summed E-state index contributed by atoms with van der Waals surface area (Å²) in [6.07, 6.45) is 0.472. The van der Waals surface area contributed by atoms with Gasteiger partial charge in [0.15, 0.2) is 5.75 Å². The largest absolute Gasteiger partial charge is 0.496 e. The third kappa shape index (κ3) is 4.81. The minimum atomic E-state index is -0.568. The zero-order chi connectivity index (χ0) is 20.7. The summed E-state index contributed by atoms with van der Waals surface area (Å²) in [7, 11) is 5.92. The Bertz CT molecular complexity index is 842. The number of nitrogens with zero attached hydrogens (tertiary/aromatic N) is 1. The number of rotatable bonds is 9. The quantitative estimate of drug-likeness (QED) is 0.517. The molecule has 150 valence electrons. The molecule has 1 N–H and O–H groups in total. The molecular formula is C19H22N2O7. The summed E-state index contributed by atoms with van der Waals surface area (Å²) in [6, 6.07) is 7.65. The van der Waals surface area contributed by atoms with Crippen molar-refractivity contribution in [2.24, 2.45) is 0 Å². The Balaban J connectivity index is 2.13. The van der Waals surface area contributed by atoms with Gasteiger partial charge < -0.3 is 24.3 Å². The normalized spacial score (nSPS) is 10.1. The number of carbonyl (C=O) groups is 1. The molecule has 0 atom stereocenters. The highest BCUT2D eigenvalue weighted by atomic mass is 16.6. The molecule has 0 heterocycles. The predicted molar refractivity (Wildman–Crippen MR) is 103 cm³/mol. The van der Waals surface area contributed by atoms with Crippen LogP contribution in [0.5, 0.6) is 23.0 Å². The molecule has 0 unspecified atom stereocenters. The first-order chi connectivity index (χ1) is 13.4. The fourth-order valence-electron chi connectivity index (χ4n) is 2.70. The molecule has 0 aliphatic carbocycles. The van der Waals surface area contributed by atoms with Crippen LogP contribution in [0.15, 0.2) is 30.3 Å². The molecule has 0 bridgehead atoms. The average molecular weight is 390 g/mol. The fourth-order valence-corrected chi connectivity index (χ4v) is 2.70. The van der Waals surface area contributed by atoms with E-state index in [1.807, 2.05) is 0 Å². The van der Waals surface area contributed by atoms with Crippen molar-refractivity contribution in [2.45, 2.75) is 12.8 Å². The highest BCUT2D eigenvalue weighted by Gasteiger charge is 2.18. The van der Waals surface area contributed by atoms with Crippen molar-refractivity contribution in [3.05, 3.63) is 46.0 Å². The van der Waals surface area contributed by atoms with Crippen LogP contribution in [0.2, 0.25) is 0 Å². The monoisotopic (exact) mass is 390 g/mol. The molecule has 0 radical (unpaired) electrons. The third-order valence-corrected chi connectivity index (χ3v) is 4.08. The summed E-state index contributed by atoms with van der Waals surface area (Å²) in [4.78, 5) is 22.9. The molecule has 2 rings (SSSR count). The molecule has 0 aliphatic heterocycles. The number of ether oxygens (including phenoxy) is 4. The Morgan fingerprint density at radius 3 is 2.07 bits per heavy atom. The van der Waals surface area contributed by atoms with Gasteiger partial charge in [-0.05, 0) is 18.6 Å². The summed E-state index contributed by atoms with van der Waals surface area (Å²) < 4.78 is 20.9. The van der Waals surface area contributed by atoms with Crippen molar-refractivity contribution in [3.63, 3.8) is 0 Å². The van der Waals surface area contributed by atoms with Crippen molar-refractivity contribution < 1.29 is 28.7 Å². The Hall–Kier alpha value is -3.49. The molecule has 0 saturated heterocycles. The molecule has 9 heteroatoms. The molecular weight excluding hydrogens is 368 g/mol. The highest BCUT2D eigenvalue weighted by Crippen LogP contribution is 2.35. The van der Waals surface area contributed by atoms with Crippen LogP contribution < -0.4 is 24.3 Å². The smallest absolute Gasteiger partial charge is 0.312 e. The van der Waals surface area contributed by atoms with Gasteiger partial charge >= 0.3 is 5.69 Å². The minimum Gasteiger partial charge on any atom is -0.496 e. The second-order valence-electron chi connectivity index (χ2n) is 5.70. The van der Waals surface area contributed by atoms with E-state index in [0.29, 0.717) is 29.4 Å². The van der Waals surface area contributed by atoms with E-state index in [4.69, 9.17) is 18.9 Å². The van der Waals surface area contributed by atoms with Crippen molar-refractivity contribution in [1.82, 2.24) is 0 Å². The van der Waals surface area contributed by atoms with Crippen molar-refractivity contribution >= 4 is 17.3 Å². The molecule has 2 aromatic rings. The van der Waals surface area contributed by atoms with Crippen LogP contribution in [0, 0.1) is 10.1 Å². The van der Waals surface area contributed by atoms with Crippen LogP contribution in [-0.4, -0.2) is 39.3 Å². The summed E-state index contributed by atoms with van der Waals surface area (Å²) >= 11 is 0. The molecule has 2 aromatic carbocycles. The number of methoxy groups -OCH3 is 4. The number of nitro benzene ring substituents is 1. The second-order valence-corrected chi connectivity index (χ2v) is 5.70. The zero-order valence-electron chi connectivity index (χ0n) is 16.1. The van der Waals surface area contributed by atoms with Gasteiger partial charge in [-0.3, -0.25) is 14.9 Å². The highest BCUT2D eigenvalue weighted by molar-refractivity contribution is 5.91. The predicted octanol–water partition coefficient (Wildman–Crippen LogP) is 3.20. The lowest BCUT2D eigenvalue weighted by Gasteiger charge is -2.15. The van der Waals surface area contributed by atoms with Crippen LogP contribution in [0.1, 0.15) is 12.0 Å². The molecule has 0 aromatic heterocycles. The molecule has 0 spiro atoms. The topological polar surface area (TPSA) is 109 Å². The van der Waals surface area contributed by atoms with Crippen LogP contribution in [0.3, 0.4) is 0 Å². The molecule has 0 fully saturated rings. The number of carbonyl (C=O) groups excluding carboxylic acids is 1. The van der Waals surface area contributed by atoms with E-state index >= 15 is 0 Å². The fraction of sp³-hybridized carbons (Fsp3) is 0.316. The number of benzene rings is 2. The van der Waals surface area contributed by atoms with E-state index in [-0.39, 0.29) is 23.8 Å². The van der Waals surface area contributed by atoms with Gasteiger partial charge in [-0.2, -0.15) is 0 Å². The zero-order valence-corrected chi connectivity index (χ0v) is 16.1. The number of hydrogen-bond acceptors (Lipinski definition) is 7. The molecule has 0 saturated carbocycles. The lowest BCUT2D eigenvalue weighted by atomic mass is 10.1. The van der Waals surface area contributed by atoms with E-state index in [9.17, 15) is 14.9 Å². The van der Waals surface area contributed by atoms with Crippen LogP contribution in [0.4, 0.5) is 11.4 Å². The Kier molecular flexibility index (Phi) is 7.02. The third-order valence-electron chi connectivity index (χ3n) is 4.08. The SMILES string of the molecule is COc1cc(OC)c(CCC(=O)Nc2ccc(OC)c([N+](=O)[O-])c2)c(OC)c1. The number of hydrogen-bond donors (Lipinski definition) is 1. The first-order valence-electron chi connectivity index (χ1n) is 8.34. The first kappa shape index (κ1) is 20.8. The van der Waals surface area contributed by atoms with Crippen molar-refractivity contribution in [3.8, 4) is 23.0 Å². The minimum absolute atomic E-state index is 0.121. The lowest BCUT2D eigenvalue weighted by Crippen LogP contribution is -2.13. The lowest BCUT2D eigenvalue weighted by molar-refractivity contribution is -0.385. The maximum Gasteiger partial charge on any atom is 0.312 e. The molecule has 1 amide bonds. The summed E-state index contributed by atoms with van der Waals surface area (Å²) in [6.45, 7) is 0. The number of nitrogens with one attached hydrogen (secondary N) is 1. The molecule has 28 heavy (non-hydrogen) atoms. The Labute approximate surface area is 162 Å². The van der Waals surface area contributed by atoms with E-state index in [2.05, 4.69) is 5.32 Å². The van der Waals surface area contributed by atoms with Gasteiger partial charge in [0.2, 0.25) is 5.91 Å². The standard InChI is InChI=1S/C19H22N2O7/c1-25-13-10-17(27-3)14(18(11-13)28-4)6-8-19(22)20-12-5-7-16(26-2)15(9-12)21(23)24/h5,7,9-11H,6,8H2,1-4H3,(H,20,22). The number of amides is 1. The average Bonchev–Trinajstić information content (AvgIpc) is 2.71. The van der Waals surface area contributed by atoms with E-state index in [0.717, 1.165) is 5.56 Å². The molecule has 9 nitrogen and oxygen atoms in total. The van der Waals surface area contributed by atoms with Gasteiger partial charge in [0.1, 0.15) is 17.2 Å². The number of nitro groups is 1. The maximum atomic E-state index is 12.3. The van der Waals surface area contributed by atoms with Gasteiger partial charge in [-0.15, -0.1) is 0 Å². The van der Waals surface area contributed by atoms with Crippen LogP contribution in [0.25, 0.3) is 0 Å². The first-order valence-corrected chi connectivity index (χ1v) is 8.34. The van der Waals surface area contributed by atoms with Crippen LogP contribution >= 0.6 is 0 Å². The summed E-state index contributed by atoms with van der Waals surface area (Å²) in [5.74, 6) is 1.48. The second kappa shape index (κ2) is 9.45. The van der Waals surface area contributed by atoms with Crippen molar-refractivity contribution in [2.75, 3.05) is 33.8 Å². The Morgan fingerprint density at radius 1 is 0.964 bits per heavy atom. The molecule has 0 aliphatic rings. The van der Waals surface area contributed by atoms with Gasteiger partial charge in [0.25, 0.3) is 0 Å². The maximum absolute atomic E-state index is 12.3. The van der Waals surface area contributed by atoms with E-state index in [1.54, 1.807) is 12.1 Å². The van der Waals surface area contributed by atoms with Gasteiger partial charge in [0, 0.05) is 35.9 Å². The summed E-state index contributed by atoms with van der Waals surface area (Å²) in [5, 5.41) is 13.7. The summed E-state index contributed by atoms with van der Waals surface area (Å²) in [5.41, 5.74) is 0.812. The van der Waals surface area contributed by atoms with Gasteiger partial charge in [-0.25, -0.2) is 0 Å². The van der Waals surface area contributed by atoms with Gasteiger partial charge in [0.05, 0.1) is 33.4 Å². The Morgan fingerprint density at radius 2 is 1.57 bits per heavy atom. The van der Waals surface area contributed by atoms with Gasteiger partial charge in [-0.1, -0.05) is 0 Å². The van der Waals surface area contributed by atoms with Crippen molar-refractivity contribution in [1.29, 1.82) is 0 Å². The van der Waals surface area contributed by atoms with Crippen LogP contribution in [-0.2, 0) is 11.2 Å². The van der Waals surface area contributed by atoms with E-state index < -0.39 is 4.92 Å². The number of anilines is 1.